The number of hydrogen-bond donors (Lipinski definition) is 4. The minimum atomic E-state index is -0.821. The number of aliphatic hydroxyl groups excluding tert-OH is 4. The Morgan fingerprint density at radius 3 is 1.17 bits per heavy atom. The maximum absolute atomic E-state index is 9.11. The molecule has 0 amide bonds. The zero-order valence-corrected chi connectivity index (χ0v) is 7.51. The molecule has 0 heterocycles. The summed E-state index contributed by atoms with van der Waals surface area (Å²) in [5, 5.41) is 36.0. The van der Waals surface area contributed by atoms with Gasteiger partial charge in [0.15, 0.2) is 0 Å². The van der Waals surface area contributed by atoms with Gasteiger partial charge in [-0.15, -0.1) is 0 Å². The smallest absolute Gasteiger partial charge is 0.0797 e. The van der Waals surface area contributed by atoms with Crippen molar-refractivity contribution in [2.24, 2.45) is 0 Å². The van der Waals surface area contributed by atoms with Crippen molar-refractivity contribution >= 4 is 0 Å². The Hall–Kier alpha value is -0.160. The zero-order valence-electron chi connectivity index (χ0n) is 7.51. The lowest BCUT2D eigenvalue weighted by atomic mass is 10.0. The predicted molar refractivity (Wildman–Crippen MR) is 44.6 cm³/mol. The summed E-state index contributed by atoms with van der Waals surface area (Å²) >= 11 is 0. The van der Waals surface area contributed by atoms with Gasteiger partial charge in [0.05, 0.1) is 24.4 Å². The molecule has 0 saturated carbocycles. The van der Waals surface area contributed by atoms with E-state index in [1.807, 2.05) is 0 Å². The highest BCUT2D eigenvalue weighted by molar-refractivity contribution is 4.68. The van der Waals surface area contributed by atoms with Gasteiger partial charge in [-0.1, -0.05) is 0 Å². The Bertz CT molecular complexity index is 99.6. The summed E-state index contributed by atoms with van der Waals surface area (Å²) in [4.78, 5) is 0. The van der Waals surface area contributed by atoms with E-state index in [0.717, 1.165) is 0 Å². The standard InChI is InChI=1S/C8H18O4/c1-5(9)7(11)3-4-8(12)6(2)10/h5-12H,3-4H2,1-2H3. The van der Waals surface area contributed by atoms with Crippen LogP contribution in [0, 0.1) is 0 Å². The van der Waals surface area contributed by atoms with Crippen LogP contribution < -0.4 is 0 Å². The molecule has 0 aliphatic heterocycles. The highest BCUT2D eigenvalue weighted by atomic mass is 16.3. The Morgan fingerprint density at radius 1 is 0.750 bits per heavy atom. The third-order valence-corrected chi connectivity index (χ3v) is 1.87. The van der Waals surface area contributed by atoms with E-state index in [1.54, 1.807) is 0 Å². The molecule has 74 valence electrons. The van der Waals surface area contributed by atoms with Crippen LogP contribution in [0.4, 0.5) is 0 Å². The van der Waals surface area contributed by atoms with Crippen molar-refractivity contribution in [1.29, 1.82) is 0 Å². The van der Waals surface area contributed by atoms with E-state index < -0.39 is 24.4 Å². The van der Waals surface area contributed by atoms with Crippen LogP contribution in [0.3, 0.4) is 0 Å². The van der Waals surface area contributed by atoms with Gasteiger partial charge >= 0.3 is 0 Å². The van der Waals surface area contributed by atoms with E-state index in [2.05, 4.69) is 0 Å². The summed E-state index contributed by atoms with van der Waals surface area (Å²) in [5.74, 6) is 0. The maximum atomic E-state index is 9.11. The Morgan fingerprint density at radius 2 is 1.00 bits per heavy atom. The molecule has 0 spiro atoms. The fourth-order valence-corrected chi connectivity index (χ4v) is 0.824. The van der Waals surface area contributed by atoms with Crippen LogP contribution in [0.25, 0.3) is 0 Å². The van der Waals surface area contributed by atoms with Gasteiger partial charge in [0.25, 0.3) is 0 Å². The molecular formula is C8H18O4. The van der Waals surface area contributed by atoms with Crippen LogP contribution in [-0.2, 0) is 0 Å². The molecule has 4 atom stereocenters. The molecule has 0 fully saturated rings. The van der Waals surface area contributed by atoms with Gasteiger partial charge in [-0.25, -0.2) is 0 Å². The first-order chi connectivity index (χ1) is 5.45. The molecule has 0 rings (SSSR count). The van der Waals surface area contributed by atoms with Crippen LogP contribution in [0.1, 0.15) is 26.7 Å². The summed E-state index contributed by atoms with van der Waals surface area (Å²) in [6.45, 7) is 2.97. The van der Waals surface area contributed by atoms with Crippen molar-refractivity contribution in [2.75, 3.05) is 0 Å². The summed E-state index contributed by atoms with van der Waals surface area (Å²) in [6.07, 6.45) is -2.62. The Kier molecular flexibility index (Phi) is 5.41. The molecule has 0 bridgehead atoms. The summed E-state index contributed by atoms with van der Waals surface area (Å²) < 4.78 is 0. The van der Waals surface area contributed by atoms with Crippen molar-refractivity contribution in [2.45, 2.75) is 51.1 Å². The maximum Gasteiger partial charge on any atom is 0.0797 e. The van der Waals surface area contributed by atoms with Crippen molar-refractivity contribution in [3.63, 3.8) is 0 Å². The lowest BCUT2D eigenvalue weighted by molar-refractivity contribution is -0.00797. The Labute approximate surface area is 72.5 Å². The van der Waals surface area contributed by atoms with Crippen LogP contribution >= 0.6 is 0 Å². The molecule has 12 heavy (non-hydrogen) atoms. The highest BCUT2D eigenvalue weighted by Gasteiger charge is 2.16. The van der Waals surface area contributed by atoms with Crippen molar-refractivity contribution in [3.8, 4) is 0 Å². The second kappa shape index (κ2) is 5.48. The molecule has 0 radical (unpaired) electrons. The van der Waals surface area contributed by atoms with E-state index in [9.17, 15) is 0 Å². The second-order valence-corrected chi connectivity index (χ2v) is 3.19. The molecule has 4 nitrogen and oxygen atoms in total. The van der Waals surface area contributed by atoms with E-state index in [-0.39, 0.29) is 0 Å². The molecule has 0 aliphatic carbocycles. The number of hydrogen-bond acceptors (Lipinski definition) is 4. The first kappa shape index (κ1) is 11.8. The van der Waals surface area contributed by atoms with Gasteiger partial charge in [-0.05, 0) is 26.7 Å². The van der Waals surface area contributed by atoms with E-state index in [1.165, 1.54) is 13.8 Å². The van der Waals surface area contributed by atoms with E-state index in [0.29, 0.717) is 12.8 Å². The molecule has 4 heteroatoms. The monoisotopic (exact) mass is 178 g/mol. The molecular weight excluding hydrogens is 160 g/mol. The molecule has 0 aromatic heterocycles. The molecule has 0 aromatic carbocycles. The topological polar surface area (TPSA) is 80.9 Å². The summed E-state index contributed by atoms with van der Waals surface area (Å²) in [5.41, 5.74) is 0. The molecule has 4 unspecified atom stereocenters. The molecule has 0 aliphatic rings. The number of rotatable bonds is 5. The molecule has 0 saturated heterocycles. The van der Waals surface area contributed by atoms with Crippen molar-refractivity contribution < 1.29 is 20.4 Å². The quantitative estimate of drug-likeness (QED) is 0.446. The van der Waals surface area contributed by atoms with Gasteiger partial charge in [0.1, 0.15) is 0 Å². The van der Waals surface area contributed by atoms with Crippen LogP contribution in [0.5, 0.6) is 0 Å². The van der Waals surface area contributed by atoms with Gasteiger partial charge in [-0.3, -0.25) is 0 Å². The van der Waals surface area contributed by atoms with E-state index in [4.69, 9.17) is 20.4 Å². The largest absolute Gasteiger partial charge is 0.391 e. The summed E-state index contributed by atoms with van der Waals surface area (Å²) in [6, 6.07) is 0. The van der Waals surface area contributed by atoms with Gasteiger partial charge in [-0.2, -0.15) is 0 Å². The van der Waals surface area contributed by atoms with Gasteiger partial charge in [0, 0.05) is 0 Å². The second-order valence-electron chi connectivity index (χ2n) is 3.19. The fourth-order valence-electron chi connectivity index (χ4n) is 0.824. The minimum Gasteiger partial charge on any atom is -0.391 e. The third-order valence-electron chi connectivity index (χ3n) is 1.87. The predicted octanol–water partition coefficient (Wildman–Crippen LogP) is -0.750. The third kappa shape index (κ3) is 4.66. The lowest BCUT2D eigenvalue weighted by Gasteiger charge is -2.17. The minimum absolute atomic E-state index is 0.295. The lowest BCUT2D eigenvalue weighted by Crippen LogP contribution is -2.28. The van der Waals surface area contributed by atoms with Crippen LogP contribution in [0.15, 0.2) is 0 Å². The van der Waals surface area contributed by atoms with Crippen LogP contribution in [-0.4, -0.2) is 44.8 Å². The first-order valence-corrected chi connectivity index (χ1v) is 4.17. The van der Waals surface area contributed by atoms with Crippen molar-refractivity contribution in [1.82, 2.24) is 0 Å². The summed E-state index contributed by atoms with van der Waals surface area (Å²) in [7, 11) is 0. The first-order valence-electron chi connectivity index (χ1n) is 4.17. The average molecular weight is 178 g/mol. The fraction of sp³-hybridized carbons (Fsp3) is 1.00. The van der Waals surface area contributed by atoms with Crippen LogP contribution in [0.2, 0.25) is 0 Å². The van der Waals surface area contributed by atoms with Crippen molar-refractivity contribution in [3.05, 3.63) is 0 Å². The number of aliphatic hydroxyl groups is 4. The highest BCUT2D eigenvalue weighted by Crippen LogP contribution is 2.07. The average Bonchev–Trinajstić information content (AvgIpc) is 1.98. The van der Waals surface area contributed by atoms with Gasteiger partial charge in [0.2, 0.25) is 0 Å². The van der Waals surface area contributed by atoms with E-state index >= 15 is 0 Å². The Balaban J connectivity index is 3.54. The SMILES string of the molecule is CC(O)C(O)CCC(O)C(C)O. The van der Waals surface area contributed by atoms with Gasteiger partial charge < -0.3 is 20.4 Å². The molecule has 0 aromatic rings. The zero-order chi connectivity index (χ0) is 9.72. The normalized spacial score (nSPS) is 21.5. The molecule has 4 N–H and O–H groups in total.